The zero-order chi connectivity index (χ0) is 7.40. The van der Waals surface area contributed by atoms with E-state index < -0.39 is 0 Å². The summed E-state index contributed by atoms with van der Waals surface area (Å²) in [6.07, 6.45) is 0. The normalized spacial score (nSPS) is 9.80. The summed E-state index contributed by atoms with van der Waals surface area (Å²) < 4.78 is 15.1. The molecule has 0 unspecified atom stereocenters. The highest BCUT2D eigenvalue weighted by molar-refractivity contribution is 9.08. The predicted octanol–water partition coefficient (Wildman–Crippen LogP) is 2.23. The third kappa shape index (κ3) is 2.08. The van der Waals surface area contributed by atoms with Crippen molar-refractivity contribution in [3.8, 4) is 0 Å². The highest BCUT2D eigenvalue weighted by Crippen LogP contribution is 2.01. The van der Waals surface area contributed by atoms with Gasteiger partial charge in [-0.3, -0.25) is 4.34 Å². The van der Waals surface area contributed by atoms with Gasteiger partial charge >= 0.3 is 0 Å². The molecular weight excluding hydrogens is 197 g/mol. The number of nitrogens with one attached hydrogen (secondary N) is 1. The van der Waals surface area contributed by atoms with E-state index in [4.69, 9.17) is 0 Å². The fourth-order valence-corrected chi connectivity index (χ4v) is 1.00. The van der Waals surface area contributed by atoms with Gasteiger partial charge in [-0.2, -0.15) is 0 Å². The van der Waals surface area contributed by atoms with Gasteiger partial charge in [0.05, 0.1) is 0 Å². The molecule has 0 fully saturated rings. The summed E-state index contributed by atoms with van der Waals surface area (Å²) in [6.45, 7) is 0.709. The lowest BCUT2D eigenvalue weighted by molar-refractivity contribution is 0.627. The molecule has 0 bridgehead atoms. The lowest BCUT2D eigenvalue weighted by Gasteiger charge is -1.96. The Morgan fingerprint density at radius 3 is 2.40 bits per heavy atom. The van der Waals surface area contributed by atoms with Gasteiger partial charge in [-0.05, 0) is 17.7 Å². The van der Waals surface area contributed by atoms with Crippen LogP contribution in [-0.4, -0.2) is 0 Å². The van der Waals surface area contributed by atoms with Crippen molar-refractivity contribution in [1.82, 2.24) is 4.34 Å². The average Bonchev–Trinajstić information content (AvgIpc) is 1.95. The summed E-state index contributed by atoms with van der Waals surface area (Å²) >= 11 is 3.06. The Balaban J connectivity index is 2.69. The number of hydrogen-bond acceptors (Lipinski definition) is 1. The first-order valence-electron chi connectivity index (χ1n) is 2.91. The predicted molar refractivity (Wildman–Crippen MR) is 42.2 cm³/mol. The summed E-state index contributed by atoms with van der Waals surface area (Å²) in [5.41, 5.74) is 1.05. The number of halogens is 2. The Hall–Kier alpha value is -0.410. The molecule has 0 atom stereocenters. The summed E-state index contributed by atoms with van der Waals surface area (Å²) in [5, 5.41) is 0. The van der Waals surface area contributed by atoms with Gasteiger partial charge in [0.1, 0.15) is 5.82 Å². The van der Waals surface area contributed by atoms with Crippen molar-refractivity contribution in [1.29, 1.82) is 0 Å². The lowest BCUT2D eigenvalue weighted by atomic mass is 10.2. The van der Waals surface area contributed by atoms with Crippen molar-refractivity contribution in [3.63, 3.8) is 0 Å². The van der Waals surface area contributed by atoms with E-state index >= 15 is 0 Å². The molecule has 0 saturated carbocycles. The lowest BCUT2D eigenvalue weighted by Crippen LogP contribution is -1.96. The maximum Gasteiger partial charge on any atom is 0.123 e. The molecule has 0 aromatic heterocycles. The van der Waals surface area contributed by atoms with Gasteiger partial charge in [0.25, 0.3) is 0 Å². The smallest absolute Gasteiger partial charge is 0.123 e. The molecule has 1 aromatic rings. The van der Waals surface area contributed by atoms with E-state index in [2.05, 4.69) is 20.5 Å². The van der Waals surface area contributed by atoms with E-state index in [9.17, 15) is 4.39 Å². The minimum atomic E-state index is -0.196. The van der Waals surface area contributed by atoms with Crippen LogP contribution >= 0.6 is 16.1 Å². The van der Waals surface area contributed by atoms with Crippen LogP contribution in [-0.2, 0) is 6.54 Å². The zero-order valence-corrected chi connectivity index (χ0v) is 6.86. The van der Waals surface area contributed by atoms with E-state index in [1.807, 2.05) is 0 Å². The highest BCUT2D eigenvalue weighted by atomic mass is 79.9. The number of hydrogen-bond donors (Lipinski definition) is 1. The molecule has 0 saturated heterocycles. The summed E-state index contributed by atoms with van der Waals surface area (Å²) in [4.78, 5) is 0. The minimum absolute atomic E-state index is 0.196. The standard InChI is InChI=1S/C7H7BrFN/c8-10-5-6-1-3-7(9)4-2-6/h1-4,10H,5H2. The molecule has 0 spiro atoms. The van der Waals surface area contributed by atoms with Crippen LogP contribution in [0.25, 0.3) is 0 Å². The topological polar surface area (TPSA) is 12.0 Å². The molecule has 0 heterocycles. The molecule has 1 aromatic carbocycles. The molecule has 1 rings (SSSR count). The van der Waals surface area contributed by atoms with Crippen LogP contribution in [0.2, 0.25) is 0 Å². The van der Waals surface area contributed by atoms with Crippen molar-refractivity contribution in [2.75, 3.05) is 0 Å². The van der Waals surface area contributed by atoms with E-state index in [1.165, 1.54) is 12.1 Å². The van der Waals surface area contributed by atoms with Crippen LogP contribution in [0.4, 0.5) is 4.39 Å². The van der Waals surface area contributed by atoms with E-state index in [0.29, 0.717) is 6.54 Å². The molecule has 10 heavy (non-hydrogen) atoms. The number of benzene rings is 1. The molecule has 54 valence electrons. The van der Waals surface area contributed by atoms with Gasteiger partial charge in [0, 0.05) is 22.7 Å². The fraction of sp³-hybridized carbons (Fsp3) is 0.143. The van der Waals surface area contributed by atoms with Crippen LogP contribution in [0.5, 0.6) is 0 Å². The van der Waals surface area contributed by atoms with Gasteiger partial charge in [-0.15, -0.1) is 0 Å². The molecule has 0 aliphatic rings. The first-order chi connectivity index (χ1) is 4.83. The molecule has 1 N–H and O–H groups in total. The third-order valence-electron chi connectivity index (χ3n) is 1.18. The first-order valence-corrected chi connectivity index (χ1v) is 3.70. The third-order valence-corrected chi connectivity index (χ3v) is 1.46. The van der Waals surface area contributed by atoms with Crippen LogP contribution < -0.4 is 4.34 Å². The Bertz CT molecular complexity index is 197. The Labute approximate surface area is 67.6 Å². The Kier molecular flexibility index (Phi) is 2.83. The quantitative estimate of drug-likeness (QED) is 0.728. The van der Waals surface area contributed by atoms with E-state index in [1.54, 1.807) is 12.1 Å². The maximum absolute atomic E-state index is 12.3. The monoisotopic (exact) mass is 203 g/mol. The first kappa shape index (κ1) is 7.69. The number of rotatable bonds is 2. The van der Waals surface area contributed by atoms with Crippen LogP contribution in [0.1, 0.15) is 5.56 Å². The second-order valence-corrected chi connectivity index (χ2v) is 2.50. The van der Waals surface area contributed by atoms with Gasteiger partial charge in [-0.1, -0.05) is 12.1 Å². The molecule has 0 radical (unpaired) electrons. The average molecular weight is 204 g/mol. The van der Waals surface area contributed by atoms with Crippen LogP contribution in [0.3, 0.4) is 0 Å². The zero-order valence-electron chi connectivity index (χ0n) is 5.27. The van der Waals surface area contributed by atoms with Crippen molar-refractivity contribution in [2.24, 2.45) is 0 Å². The fourth-order valence-electron chi connectivity index (χ4n) is 0.679. The second-order valence-electron chi connectivity index (χ2n) is 1.94. The van der Waals surface area contributed by atoms with Crippen molar-refractivity contribution in [3.05, 3.63) is 35.6 Å². The molecular formula is C7H7BrFN. The van der Waals surface area contributed by atoms with E-state index in [-0.39, 0.29) is 5.82 Å². The Morgan fingerprint density at radius 1 is 1.30 bits per heavy atom. The van der Waals surface area contributed by atoms with Gasteiger partial charge in [0.2, 0.25) is 0 Å². The van der Waals surface area contributed by atoms with Crippen LogP contribution in [0.15, 0.2) is 24.3 Å². The van der Waals surface area contributed by atoms with Crippen molar-refractivity contribution >= 4 is 16.1 Å². The van der Waals surface area contributed by atoms with Crippen molar-refractivity contribution in [2.45, 2.75) is 6.54 Å². The molecule has 0 amide bonds. The molecule has 0 aliphatic carbocycles. The highest BCUT2D eigenvalue weighted by Gasteiger charge is 1.90. The second kappa shape index (κ2) is 3.68. The summed E-state index contributed by atoms with van der Waals surface area (Å²) in [5.74, 6) is -0.196. The summed E-state index contributed by atoms with van der Waals surface area (Å²) in [6, 6.07) is 6.37. The van der Waals surface area contributed by atoms with Crippen molar-refractivity contribution < 1.29 is 4.39 Å². The Morgan fingerprint density at radius 2 is 1.90 bits per heavy atom. The molecule has 1 nitrogen and oxygen atoms in total. The molecule has 0 aliphatic heterocycles. The van der Waals surface area contributed by atoms with Gasteiger partial charge in [0.15, 0.2) is 0 Å². The van der Waals surface area contributed by atoms with E-state index in [0.717, 1.165) is 5.56 Å². The maximum atomic E-state index is 12.3. The van der Waals surface area contributed by atoms with Crippen LogP contribution in [0, 0.1) is 5.82 Å². The van der Waals surface area contributed by atoms with Gasteiger partial charge in [-0.25, -0.2) is 4.39 Å². The molecule has 3 heteroatoms. The van der Waals surface area contributed by atoms with Gasteiger partial charge < -0.3 is 0 Å². The summed E-state index contributed by atoms with van der Waals surface area (Å²) in [7, 11) is 0. The SMILES string of the molecule is Fc1ccc(CNBr)cc1. The minimum Gasteiger partial charge on any atom is -0.251 e. The largest absolute Gasteiger partial charge is 0.251 e.